The number of aryl methyl sites for hydroxylation is 1. The Morgan fingerprint density at radius 1 is 1.26 bits per heavy atom. The highest BCUT2D eigenvalue weighted by Crippen LogP contribution is 2.24. The Morgan fingerprint density at radius 3 is 2.78 bits per heavy atom. The van der Waals surface area contributed by atoms with Gasteiger partial charge in [0.25, 0.3) is 0 Å². The topological polar surface area (TPSA) is 97.0 Å². The monoisotopic (exact) mass is 364 g/mol. The Balaban J connectivity index is 1.33. The molecule has 0 atom stereocenters. The lowest BCUT2D eigenvalue weighted by molar-refractivity contribution is -0.120. The average Bonchev–Trinajstić information content (AvgIpc) is 3.11. The normalized spacial score (nSPS) is 14.0. The lowest BCUT2D eigenvalue weighted by Gasteiger charge is -2.38. The highest BCUT2D eigenvalue weighted by Gasteiger charge is 2.33. The van der Waals surface area contributed by atoms with Crippen molar-refractivity contribution in [3.63, 3.8) is 0 Å². The number of amides is 1. The van der Waals surface area contributed by atoms with Gasteiger partial charge in [0, 0.05) is 37.0 Å². The number of hydrogen-bond acceptors (Lipinski definition) is 7. The Labute approximate surface area is 156 Å². The summed E-state index contributed by atoms with van der Waals surface area (Å²) in [4.78, 5) is 18.8. The first-order chi connectivity index (χ1) is 13.2. The summed E-state index contributed by atoms with van der Waals surface area (Å²) in [6, 6.07) is 11.2. The number of carbonyl (C=O) groups excluding carboxylic acids is 1. The molecule has 1 N–H and O–H groups in total. The maximum atomic E-state index is 12.4. The maximum absolute atomic E-state index is 12.4. The minimum absolute atomic E-state index is 0.00711. The van der Waals surface area contributed by atoms with E-state index >= 15 is 0 Å². The van der Waals surface area contributed by atoms with Crippen LogP contribution in [-0.2, 0) is 11.2 Å². The zero-order valence-corrected chi connectivity index (χ0v) is 15.0. The van der Waals surface area contributed by atoms with Crippen LogP contribution >= 0.6 is 0 Å². The van der Waals surface area contributed by atoms with Crippen LogP contribution in [0.25, 0.3) is 11.4 Å². The van der Waals surface area contributed by atoms with E-state index in [1.54, 1.807) is 6.20 Å². The molecule has 27 heavy (non-hydrogen) atoms. The third-order valence-electron chi connectivity index (χ3n) is 4.48. The summed E-state index contributed by atoms with van der Waals surface area (Å²) < 4.78 is 5.21. The number of rotatable bonds is 6. The molecule has 1 fully saturated rings. The molecule has 4 rings (SSSR count). The van der Waals surface area contributed by atoms with Crippen molar-refractivity contribution in [2.45, 2.75) is 19.8 Å². The standard InChI is InChI=1S/C19H20N6O2/c1-2-4-17-22-18(24-27-17)13-6-8-15(9-7-13)21-19(26)14-11-25(12-14)16-5-3-10-20-23-16/h3,5-10,14H,2,4,11-12H2,1H3,(H,21,26). The zero-order chi connectivity index (χ0) is 18.6. The van der Waals surface area contributed by atoms with Gasteiger partial charge in [0.2, 0.25) is 17.6 Å². The van der Waals surface area contributed by atoms with Gasteiger partial charge in [-0.15, -0.1) is 5.10 Å². The second kappa shape index (κ2) is 7.53. The molecule has 1 saturated heterocycles. The van der Waals surface area contributed by atoms with Crippen LogP contribution in [0.15, 0.2) is 47.1 Å². The Bertz CT molecular complexity index is 903. The molecule has 0 aliphatic carbocycles. The molecular weight excluding hydrogens is 344 g/mol. The second-order valence-electron chi connectivity index (χ2n) is 6.51. The van der Waals surface area contributed by atoms with Crippen LogP contribution in [-0.4, -0.2) is 39.3 Å². The van der Waals surface area contributed by atoms with Crippen molar-refractivity contribution in [2.24, 2.45) is 5.92 Å². The van der Waals surface area contributed by atoms with E-state index in [0.29, 0.717) is 24.8 Å². The fourth-order valence-electron chi connectivity index (χ4n) is 2.93. The van der Waals surface area contributed by atoms with Crippen LogP contribution in [0, 0.1) is 5.92 Å². The van der Waals surface area contributed by atoms with Gasteiger partial charge in [0.15, 0.2) is 5.82 Å². The minimum atomic E-state index is -0.0551. The van der Waals surface area contributed by atoms with Crippen LogP contribution in [0.2, 0.25) is 0 Å². The van der Waals surface area contributed by atoms with Crippen molar-refractivity contribution in [1.82, 2.24) is 20.3 Å². The van der Waals surface area contributed by atoms with Crippen LogP contribution < -0.4 is 10.2 Å². The number of benzene rings is 1. The quantitative estimate of drug-likeness (QED) is 0.718. The van der Waals surface area contributed by atoms with Gasteiger partial charge in [0.05, 0.1) is 5.92 Å². The van der Waals surface area contributed by atoms with Gasteiger partial charge in [-0.3, -0.25) is 4.79 Å². The first kappa shape index (κ1) is 17.1. The van der Waals surface area contributed by atoms with Gasteiger partial charge in [-0.1, -0.05) is 12.1 Å². The smallest absolute Gasteiger partial charge is 0.231 e. The van der Waals surface area contributed by atoms with Crippen molar-refractivity contribution in [3.8, 4) is 11.4 Å². The van der Waals surface area contributed by atoms with E-state index in [9.17, 15) is 4.79 Å². The Kier molecular flexibility index (Phi) is 4.78. The van der Waals surface area contributed by atoms with Crippen molar-refractivity contribution in [1.29, 1.82) is 0 Å². The first-order valence-corrected chi connectivity index (χ1v) is 8.99. The van der Waals surface area contributed by atoms with E-state index < -0.39 is 0 Å². The van der Waals surface area contributed by atoms with Crippen LogP contribution in [0.5, 0.6) is 0 Å². The molecule has 8 nitrogen and oxygen atoms in total. The fraction of sp³-hybridized carbons (Fsp3) is 0.316. The average molecular weight is 364 g/mol. The maximum Gasteiger partial charge on any atom is 0.231 e. The highest BCUT2D eigenvalue weighted by molar-refractivity contribution is 5.94. The number of anilines is 2. The number of nitrogens with one attached hydrogen (secondary N) is 1. The molecule has 1 aliphatic rings. The Morgan fingerprint density at radius 2 is 2.07 bits per heavy atom. The van der Waals surface area contributed by atoms with Crippen molar-refractivity contribution in [2.75, 3.05) is 23.3 Å². The summed E-state index contributed by atoms with van der Waals surface area (Å²) in [5.74, 6) is 1.96. The zero-order valence-electron chi connectivity index (χ0n) is 15.0. The van der Waals surface area contributed by atoms with E-state index in [0.717, 1.165) is 29.9 Å². The number of aromatic nitrogens is 4. The van der Waals surface area contributed by atoms with E-state index in [1.165, 1.54) is 0 Å². The van der Waals surface area contributed by atoms with Crippen molar-refractivity contribution >= 4 is 17.4 Å². The largest absolute Gasteiger partial charge is 0.353 e. The van der Waals surface area contributed by atoms with Gasteiger partial charge in [-0.05, 0) is 42.8 Å². The van der Waals surface area contributed by atoms with E-state index in [4.69, 9.17) is 4.52 Å². The van der Waals surface area contributed by atoms with Gasteiger partial charge in [0.1, 0.15) is 0 Å². The van der Waals surface area contributed by atoms with E-state index in [1.807, 2.05) is 41.3 Å². The van der Waals surface area contributed by atoms with E-state index in [2.05, 4.69) is 32.6 Å². The van der Waals surface area contributed by atoms with Gasteiger partial charge in [-0.2, -0.15) is 10.1 Å². The lowest BCUT2D eigenvalue weighted by atomic mass is 9.99. The highest BCUT2D eigenvalue weighted by atomic mass is 16.5. The Hall–Kier alpha value is -3.29. The number of hydrogen-bond donors (Lipinski definition) is 1. The molecule has 0 radical (unpaired) electrons. The summed E-state index contributed by atoms with van der Waals surface area (Å²) in [5.41, 5.74) is 1.61. The van der Waals surface area contributed by atoms with Crippen LogP contribution in [0.4, 0.5) is 11.5 Å². The third-order valence-corrected chi connectivity index (χ3v) is 4.48. The second-order valence-corrected chi connectivity index (χ2v) is 6.51. The predicted molar refractivity (Wildman–Crippen MR) is 100 cm³/mol. The molecule has 0 spiro atoms. The molecule has 1 amide bonds. The fourth-order valence-corrected chi connectivity index (χ4v) is 2.93. The van der Waals surface area contributed by atoms with Gasteiger partial charge >= 0.3 is 0 Å². The lowest BCUT2D eigenvalue weighted by Crippen LogP contribution is -2.52. The van der Waals surface area contributed by atoms with Gasteiger partial charge in [-0.25, -0.2) is 0 Å². The molecule has 0 bridgehead atoms. The molecule has 1 aromatic carbocycles. The molecule has 0 saturated carbocycles. The van der Waals surface area contributed by atoms with Crippen LogP contribution in [0.3, 0.4) is 0 Å². The molecule has 0 unspecified atom stereocenters. The first-order valence-electron chi connectivity index (χ1n) is 8.99. The summed E-state index contributed by atoms with van der Waals surface area (Å²) in [5, 5.41) is 14.9. The summed E-state index contributed by atoms with van der Waals surface area (Å²) in [6.45, 7) is 3.35. The van der Waals surface area contributed by atoms with Crippen molar-refractivity contribution in [3.05, 3.63) is 48.5 Å². The molecule has 138 valence electrons. The molecule has 1 aliphatic heterocycles. The molecule has 3 aromatic rings. The van der Waals surface area contributed by atoms with Crippen molar-refractivity contribution < 1.29 is 9.32 Å². The molecule has 2 aromatic heterocycles. The molecule has 8 heteroatoms. The SMILES string of the molecule is CCCc1nc(-c2ccc(NC(=O)C3CN(c4cccnn4)C3)cc2)no1. The van der Waals surface area contributed by atoms with Gasteiger partial charge < -0.3 is 14.7 Å². The predicted octanol–water partition coefficient (Wildman–Crippen LogP) is 2.55. The summed E-state index contributed by atoms with van der Waals surface area (Å²) in [6.07, 6.45) is 3.37. The third kappa shape index (κ3) is 3.79. The summed E-state index contributed by atoms with van der Waals surface area (Å²) >= 11 is 0. The molecule has 3 heterocycles. The minimum Gasteiger partial charge on any atom is -0.353 e. The number of nitrogens with zero attached hydrogens (tertiary/aromatic N) is 5. The molecular formula is C19H20N6O2. The van der Waals surface area contributed by atoms with E-state index in [-0.39, 0.29) is 11.8 Å². The summed E-state index contributed by atoms with van der Waals surface area (Å²) in [7, 11) is 0. The number of carbonyl (C=O) groups is 1. The van der Waals surface area contributed by atoms with Crippen LogP contribution in [0.1, 0.15) is 19.2 Å².